The SMILES string of the molecule is CC(ON1CC=CC=C1C(=O)O)C(F)(F)F. The van der Waals surface area contributed by atoms with Gasteiger partial charge in [0.15, 0.2) is 6.10 Å². The summed E-state index contributed by atoms with van der Waals surface area (Å²) in [4.78, 5) is 15.2. The Hall–Kier alpha value is -1.50. The lowest BCUT2D eigenvalue weighted by molar-refractivity contribution is -0.280. The third-order valence-electron chi connectivity index (χ3n) is 1.90. The van der Waals surface area contributed by atoms with Gasteiger partial charge < -0.3 is 5.11 Å². The van der Waals surface area contributed by atoms with E-state index >= 15 is 0 Å². The van der Waals surface area contributed by atoms with Crippen LogP contribution in [-0.2, 0) is 9.63 Å². The number of aliphatic carboxylic acids is 1. The Kier molecular flexibility index (Phi) is 3.58. The lowest BCUT2D eigenvalue weighted by Gasteiger charge is -2.28. The highest BCUT2D eigenvalue weighted by atomic mass is 19.4. The summed E-state index contributed by atoms with van der Waals surface area (Å²) in [6.45, 7) is 0.788. The van der Waals surface area contributed by atoms with Crippen LogP contribution >= 0.6 is 0 Å². The summed E-state index contributed by atoms with van der Waals surface area (Å²) in [6.07, 6.45) is -2.46. The van der Waals surface area contributed by atoms with Crippen molar-refractivity contribution < 1.29 is 27.9 Å². The first-order chi connectivity index (χ1) is 7.32. The maximum absolute atomic E-state index is 12.2. The van der Waals surface area contributed by atoms with Gasteiger partial charge in [-0.15, -0.1) is 0 Å². The minimum Gasteiger partial charge on any atom is -0.477 e. The number of rotatable bonds is 3. The quantitative estimate of drug-likeness (QED) is 0.811. The molecule has 0 aliphatic carbocycles. The fourth-order valence-corrected chi connectivity index (χ4v) is 1.03. The summed E-state index contributed by atoms with van der Waals surface area (Å²) in [6, 6.07) is 0. The molecule has 0 saturated carbocycles. The monoisotopic (exact) mass is 237 g/mol. The molecule has 1 heterocycles. The molecule has 0 radical (unpaired) electrons. The van der Waals surface area contributed by atoms with Gasteiger partial charge in [0.25, 0.3) is 0 Å². The van der Waals surface area contributed by atoms with Gasteiger partial charge in [-0.1, -0.05) is 12.2 Å². The number of nitrogens with zero attached hydrogens (tertiary/aromatic N) is 1. The Balaban J connectivity index is 2.71. The van der Waals surface area contributed by atoms with Crippen LogP contribution in [0.25, 0.3) is 0 Å². The standard InChI is InChI=1S/C9H10F3NO3/c1-6(9(10,11)12)16-13-5-3-2-4-7(13)8(14)15/h2-4,6H,5H2,1H3,(H,14,15). The molecule has 1 atom stereocenters. The first kappa shape index (κ1) is 12.6. The van der Waals surface area contributed by atoms with Crippen molar-refractivity contribution in [3.8, 4) is 0 Å². The Morgan fingerprint density at radius 2 is 2.25 bits per heavy atom. The highest BCUT2D eigenvalue weighted by Gasteiger charge is 2.39. The molecule has 4 nitrogen and oxygen atoms in total. The van der Waals surface area contributed by atoms with Crippen LogP contribution < -0.4 is 0 Å². The maximum Gasteiger partial charge on any atom is 0.416 e. The zero-order chi connectivity index (χ0) is 12.3. The summed E-state index contributed by atoms with van der Waals surface area (Å²) in [5.74, 6) is -1.33. The summed E-state index contributed by atoms with van der Waals surface area (Å²) in [5.41, 5.74) is -0.321. The Morgan fingerprint density at radius 1 is 1.62 bits per heavy atom. The van der Waals surface area contributed by atoms with Crippen LogP contribution in [-0.4, -0.2) is 35.0 Å². The van der Waals surface area contributed by atoms with E-state index in [9.17, 15) is 18.0 Å². The second kappa shape index (κ2) is 4.56. The lowest BCUT2D eigenvalue weighted by atomic mass is 10.3. The van der Waals surface area contributed by atoms with Crippen molar-refractivity contribution in [1.29, 1.82) is 0 Å². The number of carboxylic acids is 1. The van der Waals surface area contributed by atoms with Gasteiger partial charge in [-0.05, 0) is 13.0 Å². The Bertz CT molecular complexity index is 335. The van der Waals surface area contributed by atoms with Gasteiger partial charge >= 0.3 is 12.1 Å². The fourth-order valence-electron chi connectivity index (χ4n) is 1.03. The molecule has 0 spiro atoms. The van der Waals surface area contributed by atoms with E-state index in [1.807, 2.05) is 0 Å². The minimum atomic E-state index is -4.52. The second-order valence-electron chi connectivity index (χ2n) is 3.14. The normalized spacial score (nSPS) is 18.2. The third kappa shape index (κ3) is 2.99. The van der Waals surface area contributed by atoms with E-state index in [1.54, 1.807) is 0 Å². The number of alkyl halides is 3. The van der Waals surface area contributed by atoms with Crippen LogP contribution in [0, 0.1) is 0 Å². The summed E-state index contributed by atoms with van der Waals surface area (Å²) >= 11 is 0. The molecule has 7 heteroatoms. The zero-order valence-electron chi connectivity index (χ0n) is 8.36. The van der Waals surface area contributed by atoms with Crippen LogP contribution in [0.5, 0.6) is 0 Å². The van der Waals surface area contributed by atoms with Crippen molar-refractivity contribution in [2.75, 3.05) is 6.54 Å². The molecule has 1 aliphatic rings. The van der Waals surface area contributed by atoms with Crippen molar-refractivity contribution in [3.05, 3.63) is 23.9 Å². The van der Waals surface area contributed by atoms with Gasteiger partial charge in [0, 0.05) is 0 Å². The molecule has 0 aromatic rings. The minimum absolute atomic E-state index is 0.0292. The van der Waals surface area contributed by atoms with Crippen LogP contribution in [0.15, 0.2) is 23.9 Å². The molecule has 1 aliphatic heterocycles. The maximum atomic E-state index is 12.2. The zero-order valence-corrected chi connectivity index (χ0v) is 8.36. The largest absolute Gasteiger partial charge is 0.477 e. The molecule has 1 rings (SSSR count). The van der Waals surface area contributed by atoms with Crippen LogP contribution in [0.4, 0.5) is 13.2 Å². The lowest BCUT2D eigenvalue weighted by Crippen LogP contribution is -2.39. The molecule has 0 bridgehead atoms. The number of hydroxylamine groups is 2. The van der Waals surface area contributed by atoms with Crippen LogP contribution in [0.2, 0.25) is 0 Å². The highest BCUT2D eigenvalue weighted by Crippen LogP contribution is 2.25. The molecule has 0 aromatic heterocycles. The predicted octanol–water partition coefficient (Wildman–Crippen LogP) is 1.71. The van der Waals surface area contributed by atoms with Gasteiger partial charge in [-0.25, -0.2) is 9.86 Å². The third-order valence-corrected chi connectivity index (χ3v) is 1.90. The van der Waals surface area contributed by atoms with E-state index < -0.39 is 18.2 Å². The average Bonchev–Trinajstić information content (AvgIpc) is 2.16. The molecule has 1 unspecified atom stereocenters. The molecule has 0 amide bonds. The number of carboxylic acid groups (broad SMARTS) is 1. The van der Waals surface area contributed by atoms with Crippen molar-refractivity contribution >= 4 is 5.97 Å². The van der Waals surface area contributed by atoms with Crippen molar-refractivity contribution in [2.24, 2.45) is 0 Å². The van der Waals surface area contributed by atoms with Crippen LogP contribution in [0.1, 0.15) is 6.92 Å². The van der Waals surface area contributed by atoms with Crippen molar-refractivity contribution in [3.63, 3.8) is 0 Å². The number of allylic oxidation sites excluding steroid dienone is 2. The smallest absolute Gasteiger partial charge is 0.416 e. The van der Waals surface area contributed by atoms with Gasteiger partial charge in [-0.2, -0.15) is 13.2 Å². The Morgan fingerprint density at radius 3 is 2.75 bits per heavy atom. The second-order valence-corrected chi connectivity index (χ2v) is 3.14. The van der Waals surface area contributed by atoms with E-state index in [4.69, 9.17) is 5.11 Å². The predicted molar refractivity (Wildman–Crippen MR) is 48.2 cm³/mol. The average molecular weight is 237 g/mol. The first-order valence-electron chi connectivity index (χ1n) is 4.43. The van der Waals surface area contributed by atoms with Gasteiger partial charge in [0.05, 0.1) is 6.54 Å². The van der Waals surface area contributed by atoms with E-state index in [0.29, 0.717) is 5.06 Å². The molecule has 0 aromatic carbocycles. The Labute approximate surface area is 89.6 Å². The molecule has 1 N–H and O–H groups in total. The number of halogens is 3. The summed E-state index contributed by atoms with van der Waals surface area (Å²) < 4.78 is 36.6. The molecular weight excluding hydrogens is 227 g/mol. The molecular formula is C9H10F3NO3. The van der Waals surface area contributed by atoms with Gasteiger partial charge in [0.1, 0.15) is 5.70 Å². The van der Waals surface area contributed by atoms with Crippen molar-refractivity contribution in [1.82, 2.24) is 5.06 Å². The number of hydrogen-bond acceptors (Lipinski definition) is 3. The molecule has 90 valence electrons. The number of carbonyl (C=O) groups is 1. The topological polar surface area (TPSA) is 49.8 Å². The van der Waals surface area contributed by atoms with E-state index in [0.717, 1.165) is 6.92 Å². The number of hydrogen-bond donors (Lipinski definition) is 1. The van der Waals surface area contributed by atoms with E-state index in [-0.39, 0.29) is 12.2 Å². The molecule has 0 saturated heterocycles. The van der Waals surface area contributed by atoms with Crippen molar-refractivity contribution in [2.45, 2.75) is 19.2 Å². The van der Waals surface area contributed by atoms with Gasteiger partial charge in [0.2, 0.25) is 0 Å². The highest BCUT2D eigenvalue weighted by molar-refractivity contribution is 5.86. The van der Waals surface area contributed by atoms with Gasteiger partial charge in [-0.3, -0.25) is 4.84 Å². The van der Waals surface area contributed by atoms with E-state index in [2.05, 4.69) is 4.84 Å². The summed E-state index contributed by atoms with van der Waals surface area (Å²) in [5, 5.41) is 9.43. The molecule has 16 heavy (non-hydrogen) atoms. The fraction of sp³-hybridized carbons (Fsp3) is 0.444. The van der Waals surface area contributed by atoms with E-state index in [1.165, 1.54) is 18.2 Å². The summed E-state index contributed by atoms with van der Waals surface area (Å²) in [7, 11) is 0. The van der Waals surface area contributed by atoms with Crippen LogP contribution in [0.3, 0.4) is 0 Å². The first-order valence-corrected chi connectivity index (χ1v) is 4.43. The molecule has 0 fully saturated rings.